The van der Waals surface area contributed by atoms with Crippen LogP contribution in [0.4, 0.5) is 11.4 Å². The van der Waals surface area contributed by atoms with Crippen molar-refractivity contribution in [3.05, 3.63) is 101 Å². The van der Waals surface area contributed by atoms with Gasteiger partial charge in [0.1, 0.15) is 5.82 Å². The first-order valence-electron chi connectivity index (χ1n) is 11.3. The van der Waals surface area contributed by atoms with E-state index in [-0.39, 0.29) is 12.5 Å². The van der Waals surface area contributed by atoms with Gasteiger partial charge in [-0.25, -0.2) is 9.78 Å². The molecule has 0 saturated heterocycles. The van der Waals surface area contributed by atoms with Crippen molar-refractivity contribution >= 4 is 23.3 Å². The largest absolute Gasteiger partial charge is 0.452 e. The molecule has 0 radical (unpaired) electrons. The highest BCUT2D eigenvalue weighted by molar-refractivity contribution is 6.04. The highest BCUT2D eigenvalue weighted by Gasteiger charge is 2.26. The number of hydrogen-bond acceptors (Lipinski definition) is 4. The minimum absolute atomic E-state index is 0.284. The Morgan fingerprint density at radius 1 is 0.882 bits per heavy atom. The van der Waals surface area contributed by atoms with Crippen LogP contribution in [0.25, 0.3) is 11.4 Å². The number of para-hydroxylation sites is 2. The summed E-state index contributed by atoms with van der Waals surface area (Å²) in [6.07, 6.45) is 1.69. The van der Waals surface area contributed by atoms with Crippen molar-refractivity contribution < 1.29 is 14.3 Å². The van der Waals surface area contributed by atoms with E-state index in [1.54, 1.807) is 17.0 Å². The molecule has 34 heavy (non-hydrogen) atoms. The van der Waals surface area contributed by atoms with E-state index < -0.39 is 5.97 Å². The monoisotopic (exact) mass is 451 g/mol. The highest BCUT2D eigenvalue weighted by Crippen LogP contribution is 2.36. The number of aromatic nitrogens is 2. The predicted molar refractivity (Wildman–Crippen MR) is 131 cm³/mol. The summed E-state index contributed by atoms with van der Waals surface area (Å²) in [4.78, 5) is 35.4. The van der Waals surface area contributed by atoms with Gasteiger partial charge in [-0.15, -0.1) is 0 Å². The van der Waals surface area contributed by atoms with Gasteiger partial charge in [0.25, 0.3) is 5.91 Å². The number of nitrogens with one attached hydrogen (secondary N) is 1. The maximum atomic E-state index is 13.3. The van der Waals surface area contributed by atoms with Gasteiger partial charge in [0.2, 0.25) is 0 Å². The van der Waals surface area contributed by atoms with Crippen LogP contribution in [0.3, 0.4) is 0 Å². The number of ether oxygens (including phenoxy) is 1. The Labute approximate surface area is 198 Å². The number of amides is 1. The molecule has 0 unspecified atom stereocenters. The molecule has 0 spiro atoms. The van der Waals surface area contributed by atoms with Gasteiger partial charge in [0.15, 0.2) is 6.61 Å². The van der Waals surface area contributed by atoms with Crippen LogP contribution in [-0.4, -0.2) is 28.5 Å². The lowest BCUT2D eigenvalue weighted by molar-refractivity contribution is -0.120. The molecular weight excluding hydrogens is 426 g/mol. The van der Waals surface area contributed by atoms with Crippen LogP contribution in [0.2, 0.25) is 0 Å². The molecule has 0 bridgehead atoms. The van der Waals surface area contributed by atoms with Crippen LogP contribution in [-0.2, 0) is 22.4 Å². The molecule has 170 valence electrons. The van der Waals surface area contributed by atoms with Gasteiger partial charge >= 0.3 is 5.97 Å². The minimum atomic E-state index is -0.539. The zero-order chi connectivity index (χ0) is 23.7. The first-order chi connectivity index (χ1) is 16.5. The number of fused-ring (bicyclic) bond motifs is 2. The zero-order valence-electron chi connectivity index (χ0n) is 19.2. The lowest BCUT2D eigenvalue weighted by Crippen LogP contribution is -2.31. The summed E-state index contributed by atoms with van der Waals surface area (Å²) in [6, 6.07) is 22.8. The lowest BCUT2D eigenvalue weighted by Gasteiger charge is -2.24. The summed E-state index contributed by atoms with van der Waals surface area (Å²) in [5.41, 5.74) is 7.07. The number of carbonyl (C=O) groups is 2. The molecule has 2 heterocycles. The number of aromatic amines is 1. The Hall–Kier alpha value is -4.19. The maximum absolute atomic E-state index is 13.3. The topological polar surface area (TPSA) is 75.3 Å². The molecule has 3 aromatic carbocycles. The molecule has 1 N–H and O–H groups in total. The van der Waals surface area contributed by atoms with Crippen LogP contribution in [0.15, 0.2) is 72.8 Å². The van der Waals surface area contributed by atoms with E-state index in [1.165, 1.54) is 0 Å². The Balaban J connectivity index is 1.33. The predicted octanol–water partition coefficient (Wildman–Crippen LogP) is 5.31. The molecule has 6 nitrogen and oxygen atoms in total. The standard InChI is InChI=1S/C28H25N3O3/c1-18-19(2)30-27(29-18)22-13-15-23(16-14-22)28(33)34-17-26(32)31-24-9-5-3-7-20(24)11-12-21-8-4-6-10-25(21)31/h3-10,13-16H,11-12,17H2,1-2H3,(H,29,30). The normalized spacial score (nSPS) is 12.5. The van der Waals surface area contributed by atoms with Gasteiger partial charge in [0, 0.05) is 11.3 Å². The number of carbonyl (C=O) groups excluding carboxylic acids is 2. The Bertz CT molecular complexity index is 1300. The number of H-pyrrole nitrogens is 1. The smallest absolute Gasteiger partial charge is 0.338 e. The van der Waals surface area contributed by atoms with E-state index in [1.807, 2.05) is 74.5 Å². The summed E-state index contributed by atoms with van der Waals surface area (Å²) in [6.45, 7) is 3.56. The summed E-state index contributed by atoms with van der Waals surface area (Å²) >= 11 is 0. The van der Waals surface area contributed by atoms with Gasteiger partial charge in [-0.2, -0.15) is 0 Å². The molecular formula is C28H25N3O3. The van der Waals surface area contributed by atoms with Crippen LogP contribution in [0.5, 0.6) is 0 Å². The SMILES string of the molecule is Cc1nc(-c2ccc(C(=O)OCC(=O)N3c4ccccc4CCc4ccccc43)cc2)[nH]c1C. The number of esters is 1. The summed E-state index contributed by atoms with van der Waals surface area (Å²) in [7, 11) is 0. The van der Waals surface area contributed by atoms with Crippen molar-refractivity contribution in [3.8, 4) is 11.4 Å². The number of imidazole rings is 1. The van der Waals surface area contributed by atoms with Gasteiger partial charge in [-0.1, -0.05) is 48.5 Å². The second kappa shape index (κ2) is 8.98. The Morgan fingerprint density at radius 3 is 2.03 bits per heavy atom. The molecule has 0 atom stereocenters. The van der Waals surface area contributed by atoms with Crippen molar-refractivity contribution in [1.29, 1.82) is 0 Å². The first kappa shape index (κ1) is 21.6. The molecule has 6 heteroatoms. The van der Waals surface area contributed by atoms with E-state index in [0.29, 0.717) is 5.56 Å². The third-order valence-corrected chi connectivity index (χ3v) is 6.23. The molecule has 0 fully saturated rings. The fraction of sp³-hybridized carbons (Fsp3) is 0.179. The number of nitrogens with zero attached hydrogens (tertiary/aromatic N) is 2. The molecule has 0 aliphatic carbocycles. The molecule has 1 aliphatic rings. The summed E-state index contributed by atoms with van der Waals surface area (Å²) < 4.78 is 5.43. The Kier molecular flexibility index (Phi) is 5.72. The van der Waals surface area contributed by atoms with E-state index >= 15 is 0 Å². The average Bonchev–Trinajstić information content (AvgIpc) is 3.10. The van der Waals surface area contributed by atoms with Gasteiger partial charge in [-0.05, 0) is 62.1 Å². The third kappa shape index (κ3) is 4.10. The van der Waals surface area contributed by atoms with Crippen molar-refractivity contribution in [1.82, 2.24) is 9.97 Å². The Morgan fingerprint density at radius 2 is 1.47 bits per heavy atom. The van der Waals surface area contributed by atoms with E-state index in [4.69, 9.17) is 4.74 Å². The summed E-state index contributed by atoms with van der Waals surface area (Å²) in [5.74, 6) is -0.0695. The van der Waals surface area contributed by atoms with Crippen molar-refractivity contribution in [2.45, 2.75) is 26.7 Å². The second-order valence-corrected chi connectivity index (χ2v) is 8.44. The van der Waals surface area contributed by atoms with Crippen LogP contribution < -0.4 is 4.90 Å². The lowest BCUT2D eigenvalue weighted by atomic mass is 10.0. The van der Waals surface area contributed by atoms with Crippen molar-refractivity contribution in [3.63, 3.8) is 0 Å². The fourth-order valence-corrected chi connectivity index (χ4v) is 4.27. The van der Waals surface area contributed by atoms with E-state index in [9.17, 15) is 9.59 Å². The quantitative estimate of drug-likeness (QED) is 0.427. The molecule has 1 aromatic heterocycles. The first-order valence-corrected chi connectivity index (χ1v) is 11.3. The van der Waals surface area contributed by atoms with Crippen LogP contribution in [0.1, 0.15) is 32.9 Å². The maximum Gasteiger partial charge on any atom is 0.338 e. The minimum Gasteiger partial charge on any atom is -0.452 e. The number of hydrogen-bond donors (Lipinski definition) is 1. The molecule has 5 rings (SSSR count). The average molecular weight is 452 g/mol. The van der Waals surface area contributed by atoms with Crippen LogP contribution >= 0.6 is 0 Å². The third-order valence-electron chi connectivity index (χ3n) is 6.23. The summed E-state index contributed by atoms with van der Waals surface area (Å²) in [5, 5.41) is 0. The molecule has 4 aromatic rings. The molecule has 1 amide bonds. The zero-order valence-corrected chi connectivity index (χ0v) is 19.2. The highest BCUT2D eigenvalue weighted by atomic mass is 16.5. The van der Waals surface area contributed by atoms with Gasteiger partial charge in [0.05, 0.1) is 22.6 Å². The van der Waals surface area contributed by atoms with E-state index in [0.717, 1.165) is 58.1 Å². The fourth-order valence-electron chi connectivity index (χ4n) is 4.27. The number of aryl methyl sites for hydroxylation is 4. The van der Waals surface area contributed by atoms with E-state index in [2.05, 4.69) is 9.97 Å². The van der Waals surface area contributed by atoms with Crippen molar-refractivity contribution in [2.75, 3.05) is 11.5 Å². The number of benzene rings is 3. The number of rotatable bonds is 4. The molecule has 1 aliphatic heterocycles. The van der Waals surface area contributed by atoms with Crippen molar-refractivity contribution in [2.24, 2.45) is 0 Å². The molecule has 0 saturated carbocycles. The van der Waals surface area contributed by atoms with Gasteiger partial charge < -0.3 is 9.72 Å². The van der Waals surface area contributed by atoms with Gasteiger partial charge in [-0.3, -0.25) is 9.69 Å². The number of anilines is 2. The van der Waals surface area contributed by atoms with Crippen LogP contribution in [0, 0.1) is 13.8 Å². The second-order valence-electron chi connectivity index (χ2n) is 8.44.